The lowest BCUT2D eigenvalue weighted by Gasteiger charge is -2.02. The number of hydrogen-bond donors (Lipinski definition) is 1. The minimum atomic E-state index is 0.755. The second-order valence-electron chi connectivity index (χ2n) is 2.14. The Balaban J connectivity index is 3.01. The molecule has 0 atom stereocenters. The maximum Gasteiger partial charge on any atom is 0.133 e. The highest BCUT2D eigenvalue weighted by atomic mass is 79.9. The highest BCUT2D eigenvalue weighted by Crippen LogP contribution is 2.24. The molecule has 12 heavy (non-hydrogen) atoms. The van der Waals surface area contributed by atoms with Crippen LogP contribution in [0.4, 0.5) is 0 Å². The van der Waals surface area contributed by atoms with Crippen molar-refractivity contribution in [3.05, 3.63) is 28.2 Å². The summed E-state index contributed by atoms with van der Waals surface area (Å²) in [4.78, 5) is 0. The van der Waals surface area contributed by atoms with Crippen molar-refractivity contribution in [1.29, 1.82) is 0 Å². The number of oxime groups is 1. The van der Waals surface area contributed by atoms with E-state index in [1.54, 1.807) is 25.3 Å². The van der Waals surface area contributed by atoms with E-state index in [-0.39, 0.29) is 0 Å². The lowest BCUT2D eigenvalue weighted by Crippen LogP contribution is -1.86. The Morgan fingerprint density at radius 2 is 2.33 bits per heavy atom. The van der Waals surface area contributed by atoms with Gasteiger partial charge in [0.15, 0.2) is 0 Å². The molecule has 1 aromatic rings. The van der Waals surface area contributed by atoms with Gasteiger partial charge in [-0.2, -0.15) is 0 Å². The van der Waals surface area contributed by atoms with Crippen LogP contribution in [0, 0.1) is 0 Å². The third-order valence-corrected chi connectivity index (χ3v) is 2.00. The summed E-state index contributed by atoms with van der Waals surface area (Å²) in [5.74, 6) is 0.755. The van der Waals surface area contributed by atoms with Crippen LogP contribution in [0.5, 0.6) is 5.75 Å². The zero-order chi connectivity index (χ0) is 8.97. The normalized spacial score (nSPS) is 10.5. The number of ether oxygens (including phenoxy) is 1. The van der Waals surface area contributed by atoms with E-state index in [1.165, 1.54) is 6.21 Å². The zero-order valence-electron chi connectivity index (χ0n) is 6.49. The molecule has 1 rings (SSSR count). The SMILES string of the molecule is COc1ccc(C=NO)cc1Br. The number of halogens is 1. The van der Waals surface area contributed by atoms with Crippen LogP contribution in [0.15, 0.2) is 27.8 Å². The third-order valence-electron chi connectivity index (χ3n) is 1.38. The van der Waals surface area contributed by atoms with Gasteiger partial charge in [-0.05, 0) is 39.7 Å². The van der Waals surface area contributed by atoms with Crippen LogP contribution in [0.2, 0.25) is 0 Å². The van der Waals surface area contributed by atoms with Gasteiger partial charge in [0.1, 0.15) is 5.75 Å². The molecule has 0 radical (unpaired) electrons. The maximum atomic E-state index is 8.26. The summed E-state index contributed by atoms with van der Waals surface area (Å²) >= 11 is 3.31. The van der Waals surface area contributed by atoms with Gasteiger partial charge in [0.2, 0.25) is 0 Å². The molecule has 0 aliphatic carbocycles. The van der Waals surface area contributed by atoms with Crippen LogP contribution >= 0.6 is 15.9 Å². The van der Waals surface area contributed by atoms with Gasteiger partial charge in [0.25, 0.3) is 0 Å². The summed E-state index contributed by atoms with van der Waals surface area (Å²) in [7, 11) is 1.60. The van der Waals surface area contributed by atoms with Crippen molar-refractivity contribution in [2.75, 3.05) is 7.11 Å². The summed E-state index contributed by atoms with van der Waals surface area (Å²) in [5, 5.41) is 11.2. The Morgan fingerprint density at radius 3 is 2.83 bits per heavy atom. The fourth-order valence-electron chi connectivity index (χ4n) is 0.830. The van der Waals surface area contributed by atoms with Gasteiger partial charge < -0.3 is 9.94 Å². The molecule has 0 amide bonds. The van der Waals surface area contributed by atoms with E-state index in [2.05, 4.69) is 21.1 Å². The third kappa shape index (κ3) is 1.98. The number of benzene rings is 1. The molecule has 4 heteroatoms. The van der Waals surface area contributed by atoms with Crippen molar-refractivity contribution in [3.63, 3.8) is 0 Å². The Bertz CT molecular complexity index is 299. The molecule has 0 saturated heterocycles. The molecular formula is C8H8BrNO2. The lowest BCUT2D eigenvalue weighted by atomic mass is 10.2. The Labute approximate surface area is 78.8 Å². The van der Waals surface area contributed by atoms with E-state index in [4.69, 9.17) is 9.94 Å². The first-order valence-corrected chi connectivity index (χ1v) is 4.08. The summed E-state index contributed by atoms with van der Waals surface area (Å²) in [5.41, 5.74) is 0.810. The second kappa shape index (κ2) is 4.11. The summed E-state index contributed by atoms with van der Waals surface area (Å²) in [6.45, 7) is 0. The number of rotatable bonds is 2. The van der Waals surface area contributed by atoms with Crippen molar-refractivity contribution >= 4 is 22.1 Å². The first-order chi connectivity index (χ1) is 5.77. The molecule has 0 bridgehead atoms. The second-order valence-corrected chi connectivity index (χ2v) is 2.99. The average Bonchev–Trinajstić information content (AvgIpc) is 2.05. The van der Waals surface area contributed by atoms with Crippen LogP contribution in [-0.2, 0) is 0 Å². The van der Waals surface area contributed by atoms with Gasteiger partial charge in [-0.1, -0.05) is 5.16 Å². The predicted octanol–water partition coefficient (Wildman–Crippen LogP) is 2.27. The van der Waals surface area contributed by atoms with Crippen LogP contribution in [0.3, 0.4) is 0 Å². The summed E-state index contributed by atoms with van der Waals surface area (Å²) in [6.07, 6.45) is 1.35. The lowest BCUT2D eigenvalue weighted by molar-refractivity contribution is 0.322. The molecule has 0 aliphatic heterocycles. The van der Waals surface area contributed by atoms with Crippen molar-refractivity contribution < 1.29 is 9.94 Å². The fraction of sp³-hybridized carbons (Fsp3) is 0.125. The maximum absolute atomic E-state index is 8.26. The first kappa shape index (κ1) is 9.06. The average molecular weight is 230 g/mol. The Morgan fingerprint density at radius 1 is 1.58 bits per heavy atom. The number of nitrogens with zero attached hydrogens (tertiary/aromatic N) is 1. The molecule has 0 unspecified atom stereocenters. The van der Waals surface area contributed by atoms with Crippen molar-refractivity contribution in [3.8, 4) is 5.75 Å². The van der Waals surface area contributed by atoms with Crippen molar-refractivity contribution in [2.24, 2.45) is 5.16 Å². The quantitative estimate of drug-likeness (QED) is 0.481. The molecule has 0 spiro atoms. The summed E-state index contributed by atoms with van der Waals surface area (Å²) in [6, 6.07) is 5.39. The minimum absolute atomic E-state index is 0.755. The van der Waals surface area contributed by atoms with Crippen LogP contribution in [-0.4, -0.2) is 18.5 Å². The summed E-state index contributed by atoms with van der Waals surface area (Å²) < 4.78 is 5.86. The largest absolute Gasteiger partial charge is 0.496 e. The first-order valence-electron chi connectivity index (χ1n) is 3.29. The van der Waals surface area contributed by atoms with Crippen LogP contribution in [0.1, 0.15) is 5.56 Å². The van der Waals surface area contributed by atoms with Crippen molar-refractivity contribution in [2.45, 2.75) is 0 Å². The molecule has 0 aromatic heterocycles. The van der Waals surface area contributed by atoms with E-state index >= 15 is 0 Å². The van der Waals surface area contributed by atoms with Gasteiger partial charge >= 0.3 is 0 Å². The van der Waals surface area contributed by atoms with E-state index in [0.29, 0.717) is 0 Å². The monoisotopic (exact) mass is 229 g/mol. The van der Waals surface area contributed by atoms with Gasteiger partial charge in [0, 0.05) is 0 Å². The van der Waals surface area contributed by atoms with Crippen LogP contribution < -0.4 is 4.74 Å². The fourth-order valence-corrected chi connectivity index (χ4v) is 1.39. The molecule has 1 N–H and O–H groups in total. The minimum Gasteiger partial charge on any atom is -0.496 e. The molecule has 3 nitrogen and oxygen atoms in total. The molecule has 0 aliphatic rings. The van der Waals surface area contributed by atoms with Gasteiger partial charge in [-0.3, -0.25) is 0 Å². The smallest absolute Gasteiger partial charge is 0.133 e. The van der Waals surface area contributed by atoms with Gasteiger partial charge in [-0.15, -0.1) is 0 Å². The van der Waals surface area contributed by atoms with Crippen LogP contribution in [0.25, 0.3) is 0 Å². The van der Waals surface area contributed by atoms with Gasteiger partial charge in [-0.25, -0.2) is 0 Å². The molecule has 0 saturated carbocycles. The Hall–Kier alpha value is -1.03. The molecule has 64 valence electrons. The zero-order valence-corrected chi connectivity index (χ0v) is 8.08. The van der Waals surface area contributed by atoms with E-state index in [0.717, 1.165) is 15.8 Å². The molecule has 0 fully saturated rings. The number of methoxy groups -OCH3 is 1. The molecule has 0 heterocycles. The number of hydrogen-bond acceptors (Lipinski definition) is 3. The van der Waals surface area contributed by atoms with Gasteiger partial charge in [0.05, 0.1) is 17.8 Å². The van der Waals surface area contributed by atoms with Crippen molar-refractivity contribution in [1.82, 2.24) is 0 Å². The highest BCUT2D eigenvalue weighted by Gasteiger charge is 1.98. The topological polar surface area (TPSA) is 41.8 Å². The standard InChI is InChI=1S/C8H8BrNO2/c1-12-8-3-2-6(5-10-11)4-7(8)9/h2-5,11H,1H3. The molecular weight excluding hydrogens is 222 g/mol. The highest BCUT2D eigenvalue weighted by molar-refractivity contribution is 9.10. The Kier molecular flexibility index (Phi) is 3.10. The van der Waals surface area contributed by atoms with E-state index in [1.807, 2.05) is 0 Å². The predicted molar refractivity (Wildman–Crippen MR) is 50.1 cm³/mol. The van der Waals surface area contributed by atoms with E-state index in [9.17, 15) is 0 Å². The van der Waals surface area contributed by atoms with E-state index < -0.39 is 0 Å². The molecule has 1 aromatic carbocycles.